The van der Waals surface area contributed by atoms with Crippen molar-refractivity contribution in [1.82, 2.24) is 9.78 Å². The van der Waals surface area contributed by atoms with E-state index in [-0.39, 0.29) is 5.91 Å². The molecule has 1 atom stereocenters. The molecule has 3 aromatic carbocycles. The molecule has 4 aromatic rings. The van der Waals surface area contributed by atoms with E-state index >= 15 is 0 Å². The molecule has 1 heterocycles. The van der Waals surface area contributed by atoms with Crippen LogP contribution in [0.5, 0.6) is 11.5 Å². The summed E-state index contributed by atoms with van der Waals surface area (Å²) in [5.41, 5.74) is 3.12. The first kappa shape index (κ1) is 22.7. The van der Waals surface area contributed by atoms with Gasteiger partial charge in [0.15, 0.2) is 0 Å². The predicted molar refractivity (Wildman–Crippen MR) is 132 cm³/mol. The number of aromatic nitrogens is 2. The molecular weight excluding hydrogens is 438 g/mol. The Hall–Kier alpha value is -3.51. The van der Waals surface area contributed by atoms with Gasteiger partial charge in [-0.15, -0.1) is 0 Å². The van der Waals surface area contributed by atoms with Crippen LogP contribution in [0, 0.1) is 0 Å². The molecular formula is C26H26ClN3O3. The zero-order chi connectivity index (χ0) is 23.4. The lowest BCUT2D eigenvalue weighted by atomic mass is 10.1. The third kappa shape index (κ3) is 4.81. The first-order valence-corrected chi connectivity index (χ1v) is 11.3. The molecule has 170 valence electrons. The van der Waals surface area contributed by atoms with Gasteiger partial charge in [0, 0.05) is 22.0 Å². The van der Waals surface area contributed by atoms with Crippen molar-refractivity contribution < 1.29 is 14.3 Å². The minimum absolute atomic E-state index is 0.219. The molecule has 6 nitrogen and oxygen atoms in total. The van der Waals surface area contributed by atoms with Crippen LogP contribution in [-0.2, 0) is 4.79 Å². The smallest absolute Gasteiger partial charge is 0.249 e. The zero-order valence-electron chi connectivity index (χ0n) is 18.8. The third-order valence-corrected chi connectivity index (χ3v) is 5.52. The molecule has 7 heteroatoms. The number of carbonyl (C=O) groups excluding carboxylic acids is 1. The summed E-state index contributed by atoms with van der Waals surface area (Å²) in [5, 5.41) is 9.30. The Morgan fingerprint density at radius 2 is 1.79 bits per heavy atom. The van der Waals surface area contributed by atoms with Crippen molar-refractivity contribution in [3.8, 4) is 22.8 Å². The molecule has 0 spiro atoms. The number of hydrogen-bond acceptors (Lipinski definition) is 4. The Morgan fingerprint density at radius 1 is 1.03 bits per heavy atom. The second-order valence-corrected chi connectivity index (χ2v) is 7.95. The monoisotopic (exact) mass is 463 g/mol. The topological polar surface area (TPSA) is 65.4 Å². The molecule has 0 aliphatic carbocycles. The molecule has 0 radical (unpaired) electrons. The number of hydrogen-bond donors (Lipinski definition) is 1. The van der Waals surface area contributed by atoms with Crippen LogP contribution in [0.25, 0.3) is 22.2 Å². The number of ether oxygens (including phenoxy) is 2. The molecule has 1 N–H and O–H groups in total. The van der Waals surface area contributed by atoms with Gasteiger partial charge < -0.3 is 14.8 Å². The Morgan fingerprint density at radius 3 is 2.52 bits per heavy atom. The molecule has 0 fully saturated rings. The maximum atomic E-state index is 13.3. The van der Waals surface area contributed by atoms with Gasteiger partial charge >= 0.3 is 0 Å². The normalized spacial score (nSPS) is 11.9. The van der Waals surface area contributed by atoms with Gasteiger partial charge in [-0.05, 0) is 51.1 Å². The Bertz CT molecular complexity index is 1270. The number of fused-ring (bicyclic) bond motifs is 1. The number of benzene rings is 3. The van der Waals surface area contributed by atoms with Crippen molar-refractivity contribution in [2.24, 2.45) is 0 Å². The lowest BCUT2D eigenvalue weighted by Crippen LogP contribution is -2.24. The average molecular weight is 464 g/mol. The van der Waals surface area contributed by atoms with E-state index in [0.29, 0.717) is 35.4 Å². The molecule has 1 aromatic heterocycles. The number of nitrogens with one attached hydrogen (secondary N) is 1. The maximum absolute atomic E-state index is 13.3. The summed E-state index contributed by atoms with van der Waals surface area (Å²) < 4.78 is 13.0. The van der Waals surface area contributed by atoms with Crippen LogP contribution < -0.4 is 14.8 Å². The number of anilines is 1. The van der Waals surface area contributed by atoms with Crippen LogP contribution in [0.2, 0.25) is 5.02 Å². The van der Waals surface area contributed by atoms with E-state index in [4.69, 9.17) is 26.2 Å². The van der Waals surface area contributed by atoms with Gasteiger partial charge in [0.2, 0.25) is 5.91 Å². The van der Waals surface area contributed by atoms with Crippen LogP contribution in [0.3, 0.4) is 0 Å². The van der Waals surface area contributed by atoms with Gasteiger partial charge in [0.1, 0.15) is 23.2 Å². The highest BCUT2D eigenvalue weighted by Crippen LogP contribution is 2.33. The van der Waals surface area contributed by atoms with E-state index in [1.165, 1.54) is 0 Å². The van der Waals surface area contributed by atoms with Crippen molar-refractivity contribution in [2.75, 3.05) is 18.5 Å². The predicted octanol–water partition coefficient (Wildman–Crippen LogP) is 6.35. The number of carbonyl (C=O) groups is 1. The zero-order valence-corrected chi connectivity index (χ0v) is 19.6. The standard InChI is InChI=1S/C26H26ClN3O3/c1-4-32-20-12-14-24(33-5-2)22(16-20)28-26(31)17(3)30-23-13-11-19(27)15-21(23)25(29-30)18-9-7-6-8-10-18/h6-17H,4-5H2,1-3H3,(H,28,31)/t17-/m0/s1. The summed E-state index contributed by atoms with van der Waals surface area (Å²) >= 11 is 6.28. The lowest BCUT2D eigenvalue weighted by molar-refractivity contribution is -0.119. The van der Waals surface area contributed by atoms with Crippen LogP contribution in [0.1, 0.15) is 26.8 Å². The van der Waals surface area contributed by atoms with Gasteiger partial charge in [-0.1, -0.05) is 41.9 Å². The van der Waals surface area contributed by atoms with Gasteiger partial charge in [0.05, 0.1) is 24.4 Å². The van der Waals surface area contributed by atoms with Gasteiger partial charge in [-0.3, -0.25) is 9.48 Å². The fraction of sp³-hybridized carbons (Fsp3) is 0.231. The minimum atomic E-state index is -0.587. The van der Waals surface area contributed by atoms with Crippen molar-refractivity contribution >= 4 is 34.1 Å². The molecule has 0 saturated heterocycles. The highest BCUT2D eigenvalue weighted by atomic mass is 35.5. The second kappa shape index (κ2) is 9.96. The molecule has 0 bridgehead atoms. The van der Waals surface area contributed by atoms with Gasteiger partial charge in [-0.25, -0.2) is 0 Å². The fourth-order valence-corrected chi connectivity index (χ4v) is 3.88. The number of rotatable bonds is 8. The van der Waals surface area contributed by atoms with Crippen LogP contribution >= 0.6 is 11.6 Å². The number of halogens is 1. The largest absolute Gasteiger partial charge is 0.494 e. The van der Waals surface area contributed by atoms with Crippen LogP contribution in [0.15, 0.2) is 66.7 Å². The van der Waals surface area contributed by atoms with Crippen molar-refractivity contribution in [2.45, 2.75) is 26.8 Å². The molecule has 1 amide bonds. The van der Waals surface area contributed by atoms with E-state index in [1.807, 2.05) is 69.3 Å². The minimum Gasteiger partial charge on any atom is -0.494 e. The summed E-state index contributed by atoms with van der Waals surface area (Å²) in [6, 6.07) is 20.2. The molecule has 0 unspecified atom stereocenters. The summed E-state index contributed by atoms with van der Waals surface area (Å²) in [7, 11) is 0. The first-order chi connectivity index (χ1) is 16.0. The van der Waals surface area contributed by atoms with Gasteiger partial charge in [0.25, 0.3) is 0 Å². The van der Waals surface area contributed by atoms with Crippen LogP contribution in [0.4, 0.5) is 5.69 Å². The van der Waals surface area contributed by atoms with E-state index in [9.17, 15) is 4.79 Å². The molecule has 0 saturated carbocycles. The maximum Gasteiger partial charge on any atom is 0.249 e. The summed E-state index contributed by atoms with van der Waals surface area (Å²) in [6.45, 7) is 6.64. The van der Waals surface area contributed by atoms with E-state index in [0.717, 1.165) is 22.2 Å². The quantitative estimate of drug-likeness (QED) is 0.330. The van der Waals surface area contributed by atoms with E-state index in [2.05, 4.69) is 5.32 Å². The highest BCUT2D eigenvalue weighted by molar-refractivity contribution is 6.31. The average Bonchev–Trinajstić information content (AvgIpc) is 3.19. The molecule has 33 heavy (non-hydrogen) atoms. The van der Waals surface area contributed by atoms with Crippen molar-refractivity contribution in [1.29, 1.82) is 0 Å². The summed E-state index contributed by atoms with van der Waals surface area (Å²) in [6.07, 6.45) is 0. The second-order valence-electron chi connectivity index (χ2n) is 7.51. The first-order valence-electron chi connectivity index (χ1n) is 11.0. The Balaban J connectivity index is 1.70. The number of amides is 1. The Labute approximate surface area is 198 Å². The van der Waals surface area contributed by atoms with E-state index < -0.39 is 6.04 Å². The summed E-state index contributed by atoms with van der Waals surface area (Å²) in [5.74, 6) is 1.03. The van der Waals surface area contributed by atoms with Gasteiger partial charge in [-0.2, -0.15) is 5.10 Å². The van der Waals surface area contributed by atoms with Crippen molar-refractivity contribution in [3.63, 3.8) is 0 Å². The molecule has 0 aliphatic heterocycles. The molecule has 4 rings (SSSR count). The Kier molecular flexibility index (Phi) is 6.84. The third-order valence-electron chi connectivity index (χ3n) is 5.28. The number of nitrogens with zero attached hydrogens (tertiary/aromatic N) is 2. The van der Waals surface area contributed by atoms with Crippen molar-refractivity contribution in [3.05, 3.63) is 71.8 Å². The van der Waals surface area contributed by atoms with Crippen LogP contribution in [-0.4, -0.2) is 28.9 Å². The summed E-state index contributed by atoms with van der Waals surface area (Å²) in [4.78, 5) is 13.3. The highest BCUT2D eigenvalue weighted by Gasteiger charge is 2.22. The molecule has 0 aliphatic rings. The lowest BCUT2D eigenvalue weighted by Gasteiger charge is -2.17. The fourth-order valence-electron chi connectivity index (χ4n) is 3.71. The SMILES string of the molecule is CCOc1ccc(OCC)c(NC(=O)[C@H](C)n2nc(-c3ccccc3)c3cc(Cl)ccc32)c1. The van der Waals surface area contributed by atoms with E-state index in [1.54, 1.807) is 22.9 Å².